The number of hydrogen-bond donors (Lipinski definition) is 2. The first-order chi connectivity index (χ1) is 8.20. The molecule has 0 aromatic heterocycles. The highest BCUT2D eigenvalue weighted by Gasteiger charge is 2.20. The van der Waals surface area contributed by atoms with Gasteiger partial charge in [0, 0.05) is 6.42 Å². The van der Waals surface area contributed by atoms with Crippen molar-refractivity contribution >= 4 is 11.5 Å². The first kappa shape index (κ1) is 14.6. The lowest BCUT2D eigenvalue weighted by atomic mass is 9.83. The summed E-state index contributed by atoms with van der Waals surface area (Å²) in [5, 5.41) is 9.77. The molecule has 100 valence electrons. The topological polar surface area (TPSA) is 63.3 Å². The van der Waals surface area contributed by atoms with Crippen molar-refractivity contribution in [3.05, 3.63) is 23.8 Å². The fourth-order valence-electron chi connectivity index (χ4n) is 2.33. The fraction of sp³-hybridized carbons (Fsp3) is 0.533. The minimum Gasteiger partial charge on any atom is -0.505 e. The molecule has 0 heterocycles. The molecule has 1 aromatic rings. The number of aromatic hydroxyl groups is 1. The number of Topliss-reactive ketones (excluding diaryl/α,β-unsaturated/α-hetero) is 1. The Labute approximate surface area is 109 Å². The number of phenolic OH excluding ortho intramolecular Hbond substituents is 1. The lowest BCUT2D eigenvalue weighted by Gasteiger charge is -2.22. The average Bonchev–Trinajstić information content (AvgIpc) is 2.18. The van der Waals surface area contributed by atoms with Crippen molar-refractivity contribution in [1.82, 2.24) is 0 Å². The lowest BCUT2D eigenvalue weighted by Crippen LogP contribution is -2.14. The molecule has 1 unspecified atom stereocenters. The van der Waals surface area contributed by atoms with Gasteiger partial charge in [0.05, 0.1) is 11.3 Å². The number of carbonyl (C=O) groups is 1. The summed E-state index contributed by atoms with van der Waals surface area (Å²) in [6.07, 6.45) is 1.41. The molecule has 0 aliphatic rings. The van der Waals surface area contributed by atoms with E-state index in [4.69, 9.17) is 5.73 Å². The SMILES string of the molecule is CC(CC(=O)c1cccc(N)c1O)CC(C)(C)C. The first-order valence-electron chi connectivity index (χ1n) is 6.31. The van der Waals surface area contributed by atoms with Gasteiger partial charge in [-0.25, -0.2) is 0 Å². The van der Waals surface area contributed by atoms with E-state index in [0.717, 1.165) is 6.42 Å². The van der Waals surface area contributed by atoms with Gasteiger partial charge in [0.2, 0.25) is 0 Å². The van der Waals surface area contributed by atoms with E-state index < -0.39 is 0 Å². The molecule has 0 bridgehead atoms. The molecular formula is C15H23NO2. The van der Waals surface area contributed by atoms with E-state index in [2.05, 4.69) is 27.7 Å². The molecule has 0 saturated heterocycles. The maximum absolute atomic E-state index is 12.1. The van der Waals surface area contributed by atoms with Gasteiger partial charge in [-0.3, -0.25) is 4.79 Å². The maximum Gasteiger partial charge on any atom is 0.166 e. The van der Waals surface area contributed by atoms with Crippen molar-refractivity contribution in [2.24, 2.45) is 11.3 Å². The summed E-state index contributed by atoms with van der Waals surface area (Å²) in [6, 6.07) is 4.90. The van der Waals surface area contributed by atoms with Crippen LogP contribution in [-0.4, -0.2) is 10.9 Å². The van der Waals surface area contributed by atoms with Gasteiger partial charge in [-0.1, -0.05) is 33.8 Å². The maximum atomic E-state index is 12.1. The number of nitrogens with two attached hydrogens (primary N) is 1. The van der Waals surface area contributed by atoms with E-state index >= 15 is 0 Å². The van der Waals surface area contributed by atoms with Crippen molar-refractivity contribution in [2.75, 3.05) is 5.73 Å². The van der Waals surface area contributed by atoms with Gasteiger partial charge in [0.25, 0.3) is 0 Å². The van der Waals surface area contributed by atoms with Crippen LogP contribution < -0.4 is 5.73 Å². The minimum absolute atomic E-state index is 0.0449. The molecule has 1 rings (SSSR count). The van der Waals surface area contributed by atoms with Crippen LogP contribution in [0.5, 0.6) is 5.75 Å². The monoisotopic (exact) mass is 249 g/mol. The van der Waals surface area contributed by atoms with Crippen LogP contribution in [0.2, 0.25) is 0 Å². The molecule has 3 N–H and O–H groups in total. The van der Waals surface area contributed by atoms with Crippen LogP contribution in [0, 0.1) is 11.3 Å². The van der Waals surface area contributed by atoms with E-state index in [9.17, 15) is 9.90 Å². The number of benzene rings is 1. The number of nitrogen functional groups attached to an aromatic ring is 1. The third kappa shape index (κ3) is 4.06. The minimum atomic E-state index is -0.0922. The normalized spacial score (nSPS) is 13.3. The summed E-state index contributed by atoms with van der Waals surface area (Å²) in [5.41, 5.74) is 6.38. The van der Waals surface area contributed by atoms with Crippen molar-refractivity contribution in [3.8, 4) is 5.75 Å². The van der Waals surface area contributed by atoms with Crippen LogP contribution >= 0.6 is 0 Å². The Bertz CT molecular complexity index is 433. The van der Waals surface area contributed by atoms with Gasteiger partial charge in [0.1, 0.15) is 5.75 Å². The van der Waals surface area contributed by atoms with Crippen molar-refractivity contribution in [3.63, 3.8) is 0 Å². The van der Waals surface area contributed by atoms with Gasteiger partial charge in [-0.2, -0.15) is 0 Å². The third-order valence-electron chi connectivity index (χ3n) is 2.86. The third-order valence-corrected chi connectivity index (χ3v) is 2.86. The van der Waals surface area contributed by atoms with E-state index in [1.807, 2.05) is 0 Å². The number of phenols is 1. The molecule has 1 aromatic carbocycles. The highest BCUT2D eigenvalue weighted by molar-refractivity contribution is 6.00. The summed E-state index contributed by atoms with van der Waals surface area (Å²) >= 11 is 0. The molecule has 0 aliphatic heterocycles. The number of anilines is 1. The molecule has 1 atom stereocenters. The van der Waals surface area contributed by atoms with Crippen molar-refractivity contribution in [1.29, 1.82) is 0 Å². The second-order valence-corrected chi connectivity index (χ2v) is 6.24. The van der Waals surface area contributed by atoms with E-state index in [0.29, 0.717) is 17.9 Å². The second kappa shape index (κ2) is 5.42. The Kier molecular flexibility index (Phi) is 4.38. The van der Waals surface area contributed by atoms with Crippen LogP contribution in [0.25, 0.3) is 0 Å². The van der Waals surface area contributed by atoms with Crippen molar-refractivity contribution in [2.45, 2.75) is 40.5 Å². The molecule has 0 aliphatic carbocycles. The summed E-state index contributed by atoms with van der Waals surface area (Å²) < 4.78 is 0. The summed E-state index contributed by atoms with van der Waals surface area (Å²) in [5.74, 6) is 0.153. The molecule has 0 fully saturated rings. The zero-order chi connectivity index (χ0) is 13.9. The Morgan fingerprint density at radius 3 is 2.56 bits per heavy atom. The molecule has 0 radical (unpaired) electrons. The average molecular weight is 249 g/mol. The zero-order valence-electron chi connectivity index (χ0n) is 11.7. The summed E-state index contributed by atoms with van der Waals surface area (Å²) in [6.45, 7) is 8.54. The van der Waals surface area contributed by atoms with Crippen LogP contribution in [0.15, 0.2) is 18.2 Å². The highest BCUT2D eigenvalue weighted by atomic mass is 16.3. The van der Waals surface area contributed by atoms with Gasteiger partial charge in [-0.05, 0) is 29.9 Å². The Morgan fingerprint density at radius 1 is 1.39 bits per heavy atom. The summed E-state index contributed by atoms with van der Waals surface area (Å²) in [7, 11) is 0. The smallest absolute Gasteiger partial charge is 0.166 e. The predicted octanol–water partition coefficient (Wildman–Crippen LogP) is 3.62. The fourth-order valence-corrected chi connectivity index (χ4v) is 2.33. The Morgan fingerprint density at radius 2 is 2.00 bits per heavy atom. The molecule has 18 heavy (non-hydrogen) atoms. The standard InChI is InChI=1S/C15H23NO2/c1-10(9-15(2,3)4)8-13(17)11-6-5-7-12(16)14(11)18/h5-7,10,18H,8-9,16H2,1-4H3. The zero-order valence-corrected chi connectivity index (χ0v) is 11.7. The molecule has 0 saturated carbocycles. The molecule has 3 nitrogen and oxygen atoms in total. The molecule has 0 spiro atoms. The number of rotatable bonds is 4. The second-order valence-electron chi connectivity index (χ2n) is 6.24. The predicted molar refractivity (Wildman–Crippen MR) is 74.7 cm³/mol. The highest BCUT2D eigenvalue weighted by Crippen LogP contribution is 2.30. The van der Waals surface area contributed by atoms with Crippen LogP contribution in [-0.2, 0) is 0 Å². The van der Waals surface area contributed by atoms with E-state index in [1.165, 1.54) is 0 Å². The molecular weight excluding hydrogens is 226 g/mol. The van der Waals surface area contributed by atoms with Crippen molar-refractivity contribution < 1.29 is 9.90 Å². The largest absolute Gasteiger partial charge is 0.505 e. The van der Waals surface area contributed by atoms with Gasteiger partial charge >= 0.3 is 0 Å². The number of carbonyl (C=O) groups excluding carboxylic acids is 1. The van der Waals surface area contributed by atoms with Gasteiger partial charge in [-0.15, -0.1) is 0 Å². The van der Waals surface area contributed by atoms with E-state index in [1.54, 1.807) is 18.2 Å². The quantitative estimate of drug-likeness (QED) is 0.486. The van der Waals surface area contributed by atoms with Crippen LogP contribution in [0.3, 0.4) is 0 Å². The lowest BCUT2D eigenvalue weighted by molar-refractivity contribution is 0.0952. The first-order valence-corrected chi connectivity index (χ1v) is 6.31. The van der Waals surface area contributed by atoms with Gasteiger partial charge in [0.15, 0.2) is 5.78 Å². The van der Waals surface area contributed by atoms with Crippen LogP contribution in [0.1, 0.15) is 50.9 Å². The molecule has 0 amide bonds. The number of ketones is 1. The number of hydrogen-bond acceptors (Lipinski definition) is 3. The number of para-hydroxylation sites is 1. The Hall–Kier alpha value is -1.51. The van der Waals surface area contributed by atoms with Crippen LogP contribution in [0.4, 0.5) is 5.69 Å². The summed E-state index contributed by atoms with van der Waals surface area (Å²) in [4.78, 5) is 12.1. The van der Waals surface area contributed by atoms with Gasteiger partial charge < -0.3 is 10.8 Å². The molecule has 3 heteroatoms. The van der Waals surface area contributed by atoms with E-state index in [-0.39, 0.29) is 22.6 Å². The Balaban J connectivity index is 2.74.